The molecule has 4 heteroatoms. The van der Waals surface area contributed by atoms with Crippen molar-refractivity contribution in [3.8, 4) is 0 Å². The molecule has 1 aliphatic rings. The number of anilines is 1. The number of halogens is 1. The molecule has 0 saturated carbocycles. The SMILES string of the molecule is Cc1cc(N)cc(C(=O)N2CC(C)C(C)C2)c1F. The predicted octanol–water partition coefficient (Wildman–Crippen LogP) is 2.44. The third-order valence-corrected chi connectivity index (χ3v) is 3.78. The zero-order chi connectivity index (χ0) is 13.4. The average Bonchev–Trinajstić information content (AvgIpc) is 2.63. The Balaban J connectivity index is 2.30. The number of nitrogen functional groups attached to an aromatic ring is 1. The van der Waals surface area contributed by atoms with E-state index < -0.39 is 5.82 Å². The number of hydrogen-bond acceptors (Lipinski definition) is 2. The van der Waals surface area contributed by atoms with Gasteiger partial charge in [0, 0.05) is 18.8 Å². The summed E-state index contributed by atoms with van der Waals surface area (Å²) in [6, 6.07) is 2.97. The first-order valence-electron chi connectivity index (χ1n) is 6.25. The van der Waals surface area contributed by atoms with E-state index in [9.17, 15) is 9.18 Å². The summed E-state index contributed by atoms with van der Waals surface area (Å²) in [5, 5.41) is 0. The zero-order valence-electron chi connectivity index (χ0n) is 11.0. The number of likely N-dealkylation sites (tertiary alicyclic amines) is 1. The van der Waals surface area contributed by atoms with Crippen LogP contribution in [-0.2, 0) is 0 Å². The molecular formula is C14H19FN2O. The van der Waals surface area contributed by atoms with Crippen LogP contribution in [0.4, 0.5) is 10.1 Å². The van der Waals surface area contributed by atoms with Gasteiger partial charge in [-0.25, -0.2) is 4.39 Å². The number of carbonyl (C=O) groups is 1. The van der Waals surface area contributed by atoms with Crippen LogP contribution in [0.5, 0.6) is 0 Å². The summed E-state index contributed by atoms with van der Waals surface area (Å²) in [5.41, 5.74) is 6.62. The number of nitrogens with zero attached hydrogens (tertiary/aromatic N) is 1. The molecule has 2 unspecified atom stereocenters. The highest BCUT2D eigenvalue weighted by atomic mass is 19.1. The van der Waals surface area contributed by atoms with Gasteiger partial charge in [-0.05, 0) is 36.5 Å². The molecule has 2 atom stereocenters. The molecule has 1 aliphatic heterocycles. The van der Waals surface area contributed by atoms with Crippen molar-refractivity contribution < 1.29 is 9.18 Å². The van der Waals surface area contributed by atoms with Gasteiger partial charge < -0.3 is 10.6 Å². The maximum Gasteiger partial charge on any atom is 0.256 e. The first-order valence-corrected chi connectivity index (χ1v) is 6.25. The minimum absolute atomic E-state index is 0.0915. The van der Waals surface area contributed by atoms with Gasteiger partial charge in [-0.3, -0.25) is 4.79 Å². The lowest BCUT2D eigenvalue weighted by molar-refractivity contribution is 0.0780. The largest absolute Gasteiger partial charge is 0.399 e. The standard InChI is InChI=1S/C14H19FN2O/c1-8-4-11(16)5-12(13(8)15)14(18)17-6-9(2)10(3)7-17/h4-5,9-10H,6-7,16H2,1-3H3. The molecule has 18 heavy (non-hydrogen) atoms. The molecule has 0 aromatic heterocycles. The lowest BCUT2D eigenvalue weighted by atomic mass is 10.0. The molecule has 1 heterocycles. The van der Waals surface area contributed by atoms with Gasteiger partial charge in [-0.2, -0.15) is 0 Å². The van der Waals surface area contributed by atoms with Gasteiger partial charge in [-0.1, -0.05) is 13.8 Å². The second kappa shape index (κ2) is 4.59. The number of hydrogen-bond donors (Lipinski definition) is 1. The lowest BCUT2D eigenvalue weighted by Crippen LogP contribution is -2.29. The second-order valence-electron chi connectivity index (χ2n) is 5.36. The van der Waals surface area contributed by atoms with Gasteiger partial charge in [-0.15, -0.1) is 0 Å². The van der Waals surface area contributed by atoms with E-state index in [2.05, 4.69) is 13.8 Å². The Labute approximate surface area is 107 Å². The molecule has 1 fully saturated rings. The Hall–Kier alpha value is -1.58. The molecule has 0 spiro atoms. The van der Waals surface area contributed by atoms with Crippen molar-refractivity contribution in [3.05, 3.63) is 29.1 Å². The maximum absolute atomic E-state index is 14.0. The van der Waals surface area contributed by atoms with Crippen LogP contribution in [0.25, 0.3) is 0 Å². The quantitative estimate of drug-likeness (QED) is 0.778. The zero-order valence-corrected chi connectivity index (χ0v) is 11.0. The topological polar surface area (TPSA) is 46.3 Å². The van der Waals surface area contributed by atoms with E-state index in [1.165, 1.54) is 6.07 Å². The van der Waals surface area contributed by atoms with Crippen LogP contribution >= 0.6 is 0 Å². The maximum atomic E-state index is 14.0. The summed E-state index contributed by atoms with van der Waals surface area (Å²) in [7, 11) is 0. The van der Waals surface area contributed by atoms with Crippen molar-refractivity contribution in [1.29, 1.82) is 0 Å². The van der Waals surface area contributed by atoms with E-state index >= 15 is 0 Å². The average molecular weight is 250 g/mol. The molecule has 98 valence electrons. The molecule has 1 aromatic rings. The van der Waals surface area contributed by atoms with Crippen LogP contribution in [-0.4, -0.2) is 23.9 Å². The van der Waals surface area contributed by atoms with Crippen molar-refractivity contribution in [3.63, 3.8) is 0 Å². The molecule has 2 rings (SSSR count). The van der Waals surface area contributed by atoms with Crippen molar-refractivity contribution in [2.24, 2.45) is 11.8 Å². The lowest BCUT2D eigenvalue weighted by Gasteiger charge is -2.17. The van der Waals surface area contributed by atoms with Crippen molar-refractivity contribution >= 4 is 11.6 Å². The van der Waals surface area contributed by atoms with Crippen LogP contribution in [0, 0.1) is 24.6 Å². The number of benzene rings is 1. The van der Waals surface area contributed by atoms with Crippen LogP contribution in [0.2, 0.25) is 0 Å². The van der Waals surface area contributed by atoms with E-state index in [-0.39, 0.29) is 11.5 Å². The Morgan fingerprint density at radius 2 is 1.89 bits per heavy atom. The number of carbonyl (C=O) groups excluding carboxylic acids is 1. The highest BCUT2D eigenvalue weighted by Crippen LogP contribution is 2.26. The molecule has 1 saturated heterocycles. The highest BCUT2D eigenvalue weighted by Gasteiger charge is 2.31. The summed E-state index contributed by atoms with van der Waals surface area (Å²) in [6.07, 6.45) is 0. The normalized spacial score (nSPS) is 23.4. The first kappa shape index (κ1) is 12.9. The van der Waals surface area contributed by atoms with E-state index in [1.54, 1.807) is 17.9 Å². The Bertz CT molecular complexity index is 477. The van der Waals surface area contributed by atoms with Gasteiger partial charge in [0.05, 0.1) is 5.56 Å². The summed E-state index contributed by atoms with van der Waals surface area (Å²) in [5.74, 6) is 0.207. The molecule has 3 nitrogen and oxygen atoms in total. The number of amides is 1. The minimum atomic E-state index is -0.457. The summed E-state index contributed by atoms with van der Waals surface area (Å²) >= 11 is 0. The Morgan fingerprint density at radius 3 is 2.44 bits per heavy atom. The number of rotatable bonds is 1. The number of aryl methyl sites for hydroxylation is 1. The number of nitrogens with two attached hydrogens (primary N) is 1. The van der Waals surface area contributed by atoms with Gasteiger partial charge in [0.1, 0.15) is 5.82 Å². The fourth-order valence-electron chi connectivity index (χ4n) is 2.42. The summed E-state index contributed by atoms with van der Waals surface area (Å²) < 4.78 is 14.0. The van der Waals surface area contributed by atoms with E-state index in [1.807, 2.05) is 0 Å². The minimum Gasteiger partial charge on any atom is -0.399 e. The highest BCUT2D eigenvalue weighted by molar-refractivity contribution is 5.95. The van der Waals surface area contributed by atoms with Crippen LogP contribution in [0.15, 0.2) is 12.1 Å². The van der Waals surface area contributed by atoms with Crippen molar-refractivity contribution in [2.45, 2.75) is 20.8 Å². The van der Waals surface area contributed by atoms with Gasteiger partial charge >= 0.3 is 0 Å². The van der Waals surface area contributed by atoms with Gasteiger partial charge in [0.25, 0.3) is 5.91 Å². The molecule has 2 N–H and O–H groups in total. The fraction of sp³-hybridized carbons (Fsp3) is 0.500. The molecular weight excluding hydrogens is 231 g/mol. The molecule has 0 aliphatic carbocycles. The van der Waals surface area contributed by atoms with Crippen LogP contribution < -0.4 is 5.73 Å². The smallest absolute Gasteiger partial charge is 0.256 e. The van der Waals surface area contributed by atoms with Crippen LogP contribution in [0.3, 0.4) is 0 Å². The Morgan fingerprint density at radius 1 is 1.33 bits per heavy atom. The van der Waals surface area contributed by atoms with E-state index in [0.29, 0.717) is 36.2 Å². The monoisotopic (exact) mass is 250 g/mol. The third kappa shape index (κ3) is 2.19. The predicted molar refractivity (Wildman–Crippen MR) is 69.8 cm³/mol. The van der Waals surface area contributed by atoms with Crippen molar-refractivity contribution in [2.75, 3.05) is 18.8 Å². The molecule has 1 amide bonds. The van der Waals surface area contributed by atoms with Crippen LogP contribution in [0.1, 0.15) is 29.8 Å². The Kier molecular flexibility index (Phi) is 3.28. The molecule has 0 bridgehead atoms. The summed E-state index contributed by atoms with van der Waals surface area (Å²) in [6.45, 7) is 7.22. The van der Waals surface area contributed by atoms with Gasteiger partial charge in [0.2, 0.25) is 0 Å². The fourth-order valence-corrected chi connectivity index (χ4v) is 2.42. The third-order valence-electron chi connectivity index (χ3n) is 3.78. The second-order valence-corrected chi connectivity index (χ2v) is 5.36. The first-order chi connectivity index (χ1) is 8.40. The molecule has 1 aromatic carbocycles. The van der Waals surface area contributed by atoms with Gasteiger partial charge in [0.15, 0.2) is 0 Å². The van der Waals surface area contributed by atoms with E-state index in [0.717, 1.165) is 0 Å². The van der Waals surface area contributed by atoms with Crippen molar-refractivity contribution in [1.82, 2.24) is 4.90 Å². The summed E-state index contributed by atoms with van der Waals surface area (Å²) in [4.78, 5) is 14.0. The molecule has 0 radical (unpaired) electrons. The van der Waals surface area contributed by atoms with E-state index in [4.69, 9.17) is 5.73 Å².